The molecule has 1 amide bonds. The summed E-state index contributed by atoms with van der Waals surface area (Å²) in [6.07, 6.45) is -0.242. The molecular weight excluding hydrogens is 240 g/mol. The number of rotatable bonds is 6. The zero-order valence-corrected chi connectivity index (χ0v) is 11.9. The number of hydrogen-bond donors (Lipinski definition) is 3. The van der Waals surface area contributed by atoms with E-state index in [1.807, 2.05) is 30.3 Å². The van der Waals surface area contributed by atoms with Gasteiger partial charge in [0.25, 0.3) is 0 Å². The third-order valence-electron chi connectivity index (χ3n) is 2.90. The van der Waals surface area contributed by atoms with E-state index in [-0.39, 0.29) is 18.0 Å². The summed E-state index contributed by atoms with van der Waals surface area (Å²) in [5.74, 6) is -0.699. The Bertz CT molecular complexity index is 398. The van der Waals surface area contributed by atoms with E-state index in [9.17, 15) is 9.90 Å². The Labute approximate surface area is 115 Å². The molecular formula is C15H24N2O2. The molecule has 4 N–H and O–H groups in total. The van der Waals surface area contributed by atoms with Crippen LogP contribution in [0.3, 0.4) is 0 Å². The summed E-state index contributed by atoms with van der Waals surface area (Å²) in [5.41, 5.74) is 6.35. The first-order valence-corrected chi connectivity index (χ1v) is 6.55. The van der Waals surface area contributed by atoms with Gasteiger partial charge in [-0.1, -0.05) is 51.1 Å². The van der Waals surface area contributed by atoms with Crippen molar-refractivity contribution in [1.29, 1.82) is 0 Å². The highest BCUT2D eigenvalue weighted by Crippen LogP contribution is 2.29. The third-order valence-corrected chi connectivity index (χ3v) is 2.90. The average molecular weight is 264 g/mol. The van der Waals surface area contributed by atoms with Crippen LogP contribution in [0.5, 0.6) is 0 Å². The second-order valence-corrected chi connectivity index (χ2v) is 6.05. The summed E-state index contributed by atoms with van der Waals surface area (Å²) in [7, 11) is 0. The number of benzene rings is 1. The molecule has 2 atom stereocenters. The van der Waals surface area contributed by atoms with Gasteiger partial charge in [-0.25, -0.2) is 0 Å². The van der Waals surface area contributed by atoms with Crippen molar-refractivity contribution < 1.29 is 9.90 Å². The SMILES string of the molecule is CC(C)(C)CC(NCC(O)C(N)=O)c1ccccc1. The van der Waals surface area contributed by atoms with Crippen LogP contribution < -0.4 is 11.1 Å². The molecule has 1 rings (SSSR count). The molecule has 0 aromatic heterocycles. The van der Waals surface area contributed by atoms with Crippen LogP contribution >= 0.6 is 0 Å². The van der Waals surface area contributed by atoms with Crippen molar-refractivity contribution >= 4 is 5.91 Å². The average Bonchev–Trinajstić information content (AvgIpc) is 2.33. The Morgan fingerprint density at radius 1 is 1.32 bits per heavy atom. The number of hydrogen-bond acceptors (Lipinski definition) is 3. The first-order chi connectivity index (χ1) is 8.79. The predicted molar refractivity (Wildman–Crippen MR) is 76.5 cm³/mol. The standard InChI is InChI=1S/C15H24N2O2/c1-15(2,3)9-12(11-7-5-4-6-8-11)17-10-13(18)14(16)19/h4-8,12-13,17-18H,9-10H2,1-3H3,(H2,16,19). The van der Waals surface area contributed by atoms with Gasteiger partial charge in [0, 0.05) is 12.6 Å². The summed E-state index contributed by atoms with van der Waals surface area (Å²) < 4.78 is 0. The summed E-state index contributed by atoms with van der Waals surface area (Å²) >= 11 is 0. The van der Waals surface area contributed by atoms with Gasteiger partial charge in [0.2, 0.25) is 5.91 Å². The lowest BCUT2D eigenvalue weighted by Gasteiger charge is -2.28. The quantitative estimate of drug-likeness (QED) is 0.730. The van der Waals surface area contributed by atoms with Crippen LogP contribution in [0.1, 0.15) is 38.8 Å². The number of primary amides is 1. The third kappa shape index (κ3) is 5.85. The lowest BCUT2D eigenvalue weighted by Crippen LogP contribution is -2.39. The number of nitrogens with two attached hydrogens (primary N) is 1. The molecule has 106 valence electrons. The van der Waals surface area contributed by atoms with Crippen LogP contribution in [-0.2, 0) is 4.79 Å². The largest absolute Gasteiger partial charge is 0.382 e. The molecule has 1 aromatic carbocycles. The molecule has 1 aromatic rings. The summed E-state index contributed by atoms with van der Waals surface area (Å²) in [6, 6.07) is 10.1. The fourth-order valence-electron chi connectivity index (χ4n) is 1.96. The zero-order chi connectivity index (χ0) is 14.5. The molecule has 0 aliphatic rings. The van der Waals surface area contributed by atoms with E-state index in [1.165, 1.54) is 0 Å². The Kier molecular flexibility index (Phi) is 5.51. The van der Waals surface area contributed by atoms with Crippen molar-refractivity contribution in [3.63, 3.8) is 0 Å². The summed E-state index contributed by atoms with van der Waals surface area (Å²) in [5, 5.41) is 12.7. The predicted octanol–water partition coefficient (Wildman–Crippen LogP) is 1.60. The minimum Gasteiger partial charge on any atom is -0.382 e. The first-order valence-electron chi connectivity index (χ1n) is 6.55. The van der Waals surface area contributed by atoms with Crippen molar-refractivity contribution in [2.75, 3.05) is 6.54 Å². The van der Waals surface area contributed by atoms with Crippen LogP contribution in [0, 0.1) is 5.41 Å². The fraction of sp³-hybridized carbons (Fsp3) is 0.533. The fourth-order valence-corrected chi connectivity index (χ4v) is 1.96. The molecule has 2 unspecified atom stereocenters. The maximum absolute atomic E-state index is 10.9. The minimum atomic E-state index is -1.15. The molecule has 0 fully saturated rings. The molecule has 0 aliphatic heterocycles. The topological polar surface area (TPSA) is 75.3 Å². The Morgan fingerprint density at radius 3 is 2.37 bits per heavy atom. The van der Waals surface area contributed by atoms with Crippen molar-refractivity contribution in [2.45, 2.75) is 39.3 Å². The highest BCUT2D eigenvalue weighted by Gasteiger charge is 2.21. The molecule has 0 saturated carbocycles. The van der Waals surface area contributed by atoms with E-state index < -0.39 is 12.0 Å². The molecule has 19 heavy (non-hydrogen) atoms. The number of carbonyl (C=O) groups is 1. The molecule has 0 spiro atoms. The maximum Gasteiger partial charge on any atom is 0.247 e. The maximum atomic E-state index is 10.9. The molecule has 0 radical (unpaired) electrons. The van der Waals surface area contributed by atoms with Gasteiger partial charge in [0.1, 0.15) is 6.10 Å². The van der Waals surface area contributed by atoms with E-state index in [1.54, 1.807) is 0 Å². The lowest BCUT2D eigenvalue weighted by atomic mass is 9.85. The molecule has 0 heterocycles. The van der Waals surface area contributed by atoms with E-state index >= 15 is 0 Å². The van der Waals surface area contributed by atoms with Crippen molar-refractivity contribution in [3.8, 4) is 0 Å². The number of nitrogens with one attached hydrogen (secondary N) is 1. The van der Waals surface area contributed by atoms with E-state index in [0.29, 0.717) is 0 Å². The van der Waals surface area contributed by atoms with Gasteiger partial charge in [-0.15, -0.1) is 0 Å². The van der Waals surface area contributed by atoms with Gasteiger partial charge in [0.15, 0.2) is 0 Å². The second-order valence-electron chi connectivity index (χ2n) is 6.05. The number of aliphatic hydroxyl groups is 1. The van der Waals surface area contributed by atoms with Crippen LogP contribution in [0.4, 0.5) is 0 Å². The first kappa shape index (κ1) is 15.7. The van der Waals surface area contributed by atoms with Crippen molar-refractivity contribution in [2.24, 2.45) is 11.1 Å². The van der Waals surface area contributed by atoms with Crippen LogP contribution in [0.25, 0.3) is 0 Å². The zero-order valence-electron chi connectivity index (χ0n) is 11.9. The molecule has 4 heteroatoms. The van der Waals surface area contributed by atoms with Gasteiger partial charge in [-0.3, -0.25) is 4.79 Å². The smallest absolute Gasteiger partial charge is 0.247 e. The molecule has 0 saturated heterocycles. The Balaban J connectivity index is 2.73. The summed E-state index contributed by atoms with van der Waals surface area (Å²) in [6.45, 7) is 6.66. The Morgan fingerprint density at radius 2 is 1.89 bits per heavy atom. The number of carbonyl (C=O) groups excluding carboxylic acids is 1. The van der Waals surface area contributed by atoms with Crippen LogP contribution in [-0.4, -0.2) is 23.7 Å². The molecule has 0 bridgehead atoms. The second kappa shape index (κ2) is 6.68. The minimum absolute atomic E-state index is 0.0928. The lowest BCUT2D eigenvalue weighted by molar-refractivity contribution is -0.125. The van der Waals surface area contributed by atoms with Crippen LogP contribution in [0.15, 0.2) is 30.3 Å². The van der Waals surface area contributed by atoms with Gasteiger partial charge < -0.3 is 16.2 Å². The highest BCUT2D eigenvalue weighted by atomic mass is 16.3. The van der Waals surface area contributed by atoms with E-state index in [4.69, 9.17) is 5.73 Å². The van der Waals surface area contributed by atoms with E-state index in [0.717, 1.165) is 12.0 Å². The van der Waals surface area contributed by atoms with Crippen molar-refractivity contribution in [3.05, 3.63) is 35.9 Å². The molecule has 4 nitrogen and oxygen atoms in total. The number of amides is 1. The highest BCUT2D eigenvalue weighted by molar-refractivity contribution is 5.78. The number of aliphatic hydroxyl groups excluding tert-OH is 1. The monoisotopic (exact) mass is 264 g/mol. The van der Waals surface area contributed by atoms with Gasteiger partial charge in [-0.05, 0) is 17.4 Å². The normalized spacial score (nSPS) is 14.9. The van der Waals surface area contributed by atoms with Gasteiger partial charge in [-0.2, -0.15) is 0 Å². The van der Waals surface area contributed by atoms with Crippen LogP contribution in [0.2, 0.25) is 0 Å². The Hall–Kier alpha value is -1.39. The summed E-state index contributed by atoms with van der Waals surface area (Å²) in [4.78, 5) is 10.9. The van der Waals surface area contributed by atoms with Crippen molar-refractivity contribution in [1.82, 2.24) is 5.32 Å². The van der Waals surface area contributed by atoms with E-state index in [2.05, 4.69) is 26.1 Å². The van der Waals surface area contributed by atoms with Gasteiger partial charge >= 0.3 is 0 Å². The van der Waals surface area contributed by atoms with Gasteiger partial charge in [0.05, 0.1) is 0 Å². The molecule has 0 aliphatic carbocycles.